The first-order valence-corrected chi connectivity index (χ1v) is 10.8. The molecule has 4 rings (SSSR count). The summed E-state index contributed by atoms with van der Waals surface area (Å²) in [4.78, 5) is 26.7. The van der Waals surface area contributed by atoms with E-state index in [4.69, 9.17) is 4.74 Å². The molecule has 3 aromatic rings. The maximum atomic E-state index is 13.2. The lowest BCUT2D eigenvalue weighted by Crippen LogP contribution is -2.36. The molecule has 30 heavy (non-hydrogen) atoms. The second-order valence-electron chi connectivity index (χ2n) is 7.39. The first kappa shape index (κ1) is 20.3. The Labute approximate surface area is 180 Å². The van der Waals surface area contributed by atoms with Crippen molar-refractivity contribution >= 4 is 23.9 Å². The monoisotopic (exact) mass is 420 g/mol. The van der Waals surface area contributed by atoms with E-state index >= 15 is 0 Å². The highest BCUT2D eigenvalue weighted by molar-refractivity contribution is 7.99. The molecule has 1 amide bonds. The van der Waals surface area contributed by atoms with Crippen LogP contribution in [0.25, 0.3) is 0 Å². The van der Waals surface area contributed by atoms with Crippen molar-refractivity contribution in [2.45, 2.75) is 31.5 Å². The van der Waals surface area contributed by atoms with Crippen LogP contribution in [0, 0.1) is 13.8 Å². The van der Waals surface area contributed by atoms with Crippen LogP contribution in [0.5, 0.6) is 5.75 Å². The van der Waals surface area contributed by atoms with E-state index in [0.29, 0.717) is 17.9 Å². The number of carbonyl (C=O) groups excluding carboxylic acids is 1. The summed E-state index contributed by atoms with van der Waals surface area (Å²) in [6.45, 7) is 4.19. The van der Waals surface area contributed by atoms with Gasteiger partial charge in [0.1, 0.15) is 11.2 Å². The largest absolute Gasteiger partial charge is 0.494 e. The maximum absolute atomic E-state index is 13.2. The third kappa shape index (κ3) is 3.52. The standard InChI is InChI=1S/C24H24N2O3S/c1-16-8-7-9-18(17(16)2)12-19-13-22(28)26-21(14-30-24(26)23(19)29-3)25(15-27)20-10-5-4-6-11-20/h4-11,13,15,21H,12,14H2,1-3H3/t21-/m1/s1. The van der Waals surface area contributed by atoms with E-state index in [2.05, 4.69) is 26.0 Å². The summed E-state index contributed by atoms with van der Waals surface area (Å²) in [5.41, 5.74) is 5.13. The fraction of sp³-hybridized carbons (Fsp3) is 0.250. The SMILES string of the molecule is COc1c(Cc2cccc(C)c2C)cc(=O)n2c1SC[C@@H]2N(C=O)c1ccccc1. The Bertz CT molecular complexity index is 1140. The predicted molar refractivity (Wildman–Crippen MR) is 121 cm³/mol. The molecule has 2 aromatic carbocycles. The lowest BCUT2D eigenvalue weighted by atomic mass is 9.97. The molecule has 0 fully saturated rings. The number of methoxy groups -OCH3 is 1. The van der Waals surface area contributed by atoms with Gasteiger partial charge in [-0.15, -0.1) is 11.8 Å². The molecule has 0 radical (unpaired) electrons. The van der Waals surface area contributed by atoms with E-state index < -0.39 is 0 Å². The number of aryl methyl sites for hydroxylation is 1. The Morgan fingerprint density at radius 3 is 2.60 bits per heavy atom. The number of benzene rings is 2. The first-order chi connectivity index (χ1) is 14.5. The molecule has 2 heterocycles. The van der Waals surface area contributed by atoms with Crippen molar-refractivity contribution in [3.8, 4) is 5.75 Å². The van der Waals surface area contributed by atoms with Crippen LogP contribution in [0.2, 0.25) is 0 Å². The molecular formula is C24H24N2O3S. The van der Waals surface area contributed by atoms with Crippen LogP contribution in [0.15, 0.2) is 64.4 Å². The van der Waals surface area contributed by atoms with Crippen LogP contribution in [0.4, 0.5) is 5.69 Å². The van der Waals surface area contributed by atoms with E-state index in [1.54, 1.807) is 34.4 Å². The van der Waals surface area contributed by atoms with Crippen molar-refractivity contribution < 1.29 is 9.53 Å². The van der Waals surface area contributed by atoms with Crippen LogP contribution in [0.3, 0.4) is 0 Å². The number of nitrogens with zero attached hydrogens (tertiary/aromatic N) is 2. The van der Waals surface area contributed by atoms with Gasteiger partial charge < -0.3 is 4.74 Å². The highest BCUT2D eigenvalue weighted by Crippen LogP contribution is 2.42. The minimum atomic E-state index is -0.388. The third-order valence-corrected chi connectivity index (χ3v) is 6.82. The van der Waals surface area contributed by atoms with E-state index in [1.807, 2.05) is 36.4 Å². The number of pyridine rings is 1. The van der Waals surface area contributed by atoms with Gasteiger partial charge in [-0.25, -0.2) is 0 Å². The summed E-state index contributed by atoms with van der Waals surface area (Å²) in [5, 5.41) is 0.776. The zero-order valence-corrected chi connectivity index (χ0v) is 18.1. The van der Waals surface area contributed by atoms with Crippen LogP contribution in [-0.2, 0) is 11.2 Å². The number of aromatic nitrogens is 1. The fourth-order valence-electron chi connectivity index (χ4n) is 3.94. The van der Waals surface area contributed by atoms with Crippen molar-refractivity contribution in [3.05, 3.63) is 87.2 Å². The second kappa shape index (κ2) is 8.40. The maximum Gasteiger partial charge on any atom is 0.253 e. The topological polar surface area (TPSA) is 51.5 Å². The van der Waals surface area contributed by atoms with Crippen molar-refractivity contribution in [2.24, 2.45) is 0 Å². The molecule has 0 spiro atoms. The molecule has 1 aliphatic heterocycles. The van der Waals surface area contributed by atoms with Gasteiger partial charge in [-0.1, -0.05) is 36.4 Å². The summed E-state index contributed by atoms with van der Waals surface area (Å²) in [5.74, 6) is 1.30. The Morgan fingerprint density at radius 2 is 1.90 bits per heavy atom. The van der Waals surface area contributed by atoms with E-state index in [-0.39, 0.29) is 11.7 Å². The number of ether oxygens (including phenoxy) is 1. The summed E-state index contributed by atoms with van der Waals surface area (Å²) < 4.78 is 7.44. The summed E-state index contributed by atoms with van der Waals surface area (Å²) in [6.07, 6.45) is 1.03. The van der Waals surface area contributed by atoms with Crippen LogP contribution < -0.4 is 15.2 Å². The molecule has 5 nitrogen and oxygen atoms in total. The fourth-order valence-corrected chi connectivity index (χ4v) is 5.26. The normalized spacial score (nSPS) is 15.0. The smallest absolute Gasteiger partial charge is 0.253 e. The average molecular weight is 421 g/mol. The third-order valence-electron chi connectivity index (χ3n) is 5.70. The van der Waals surface area contributed by atoms with Gasteiger partial charge in [-0.05, 0) is 42.7 Å². The zero-order chi connectivity index (χ0) is 21.3. The van der Waals surface area contributed by atoms with Crippen molar-refractivity contribution in [3.63, 3.8) is 0 Å². The van der Waals surface area contributed by atoms with Gasteiger partial charge >= 0.3 is 0 Å². The van der Waals surface area contributed by atoms with Crippen LogP contribution >= 0.6 is 11.8 Å². The number of amides is 1. The molecule has 0 aliphatic carbocycles. The molecule has 0 unspecified atom stereocenters. The molecule has 1 aliphatic rings. The Morgan fingerprint density at radius 1 is 1.13 bits per heavy atom. The number of carbonyl (C=O) groups is 1. The molecule has 1 aromatic heterocycles. The zero-order valence-electron chi connectivity index (χ0n) is 17.3. The highest BCUT2D eigenvalue weighted by Gasteiger charge is 2.33. The molecular weight excluding hydrogens is 396 g/mol. The van der Waals surface area contributed by atoms with E-state index in [9.17, 15) is 9.59 Å². The number of para-hydroxylation sites is 1. The molecule has 0 bridgehead atoms. The lowest BCUT2D eigenvalue weighted by molar-refractivity contribution is -0.108. The van der Waals surface area contributed by atoms with Crippen molar-refractivity contribution in [1.29, 1.82) is 0 Å². The Balaban J connectivity index is 1.77. The van der Waals surface area contributed by atoms with Crippen LogP contribution in [-0.4, -0.2) is 23.8 Å². The van der Waals surface area contributed by atoms with Gasteiger partial charge in [0.05, 0.1) is 7.11 Å². The van der Waals surface area contributed by atoms with Gasteiger partial charge in [-0.2, -0.15) is 0 Å². The molecule has 1 atom stereocenters. The van der Waals surface area contributed by atoms with Gasteiger partial charge in [-0.3, -0.25) is 19.1 Å². The minimum Gasteiger partial charge on any atom is -0.494 e. The molecule has 0 N–H and O–H groups in total. The van der Waals surface area contributed by atoms with Crippen molar-refractivity contribution in [2.75, 3.05) is 17.8 Å². The summed E-state index contributed by atoms with van der Waals surface area (Å²) in [6, 6.07) is 17.3. The first-order valence-electron chi connectivity index (χ1n) is 9.84. The minimum absolute atomic E-state index is 0.121. The molecule has 0 saturated heterocycles. The summed E-state index contributed by atoms with van der Waals surface area (Å²) in [7, 11) is 1.63. The average Bonchev–Trinajstić information content (AvgIpc) is 3.18. The number of fused-ring (bicyclic) bond motifs is 1. The highest BCUT2D eigenvalue weighted by atomic mass is 32.2. The summed E-state index contributed by atoms with van der Waals surface area (Å²) >= 11 is 1.55. The number of hydrogen-bond donors (Lipinski definition) is 0. The number of rotatable bonds is 6. The quantitative estimate of drug-likeness (QED) is 0.557. The number of hydrogen-bond acceptors (Lipinski definition) is 4. The number of anilines is 1. The van der Waals surface area contributed by atoms with E-state index in [1.165, 1.54) is 16.7 Å². The Hall–Kier alpha value is -2.99. The van der Waals surface area contributed by atoms with Gasteiger partial charge in [0.25, 0.3) is 5.56 Å². The lowest BCUT2D eigenvalue weighted by Gasteiger charge is -2.26. The van der Waals surface area contributed by atoms with Crippen LogP contribution in [0.1, 0.15) is 28.4 Å². The molecule has 154 valence electrons. The molecule has 6 heteroatoms. The van der Waals surface area contributed by atoms with Gasteiger partial charge in [0, 0.05) is 29.5 Å². The predicted octanol–water partition coefficient (Wildman–Crippen LogP) is 4.33. The molecule has 0 saturated carbocycles. The van der Waals surface area contributed by atoms with Gasteiger partial charge in [0.2, 0.25) is 6.41 Å². The Kier molecular flexibility index (Phi) is 5.68. The second-order valence-corrected chi connectivity index (χ2v) is 8.40. The van der Waals surface area contributed by atoms with Gasteiger partial charge in [0.15, 0.2) is 5.75 Å². The van der Waals surface area contributed by atoms with E-state index in [0.717, 1.165) is 22.7 Å². The number of thioether (sulfide) groups is 1. The van der Waals surface area contributed by atoms with Crippen molar-refractivity contribution in [1.82, 2.24) is 4.57 Å².